The van der Waals surface area contributed by atoms with Gasteiger partial charge in [-0.3, -0.25) is 9.59 Å². The van der Waals surface area contributed by atoms with Gasteiger partial charge in [0.05, 0.1) is 6.20 Å². The standard InChI is InChI=1S/C18H21N5O2S/c24-15(13-11-21-16(26-13)14-19-8-3-9-20-14)23-18(6-1-2-7-18)17(25)22-10-12-4-5-12/h3,8-9,11-12H,1-2,4-7,10H2,(H,22,25)(H,23,24). The van der Waals surface area contributed by atoms with Crippen LogP contribution in [0.5, 0.6) is 0 Å². The van der Waals surface area contributed by atoms with Gasteiger partial charge in [0.15, 0.2) is 10.8 Å². The zero-order valence-corrected chi connectivity index (χ0v) is 15.2. The van der Waals surface area contributed by atoms with Gasteiger partial charge in [-0.25, -0.2) is 15.0 Å². The Labute approximate surface area is 155 Å². The van der Waals surface area contributed by atoms with Crippen LogP contribution in [0, 0.1) is 5.92 Å². The zero-order valence-electron chi connectivity index (χ0n) is 14.4. The lowest BCUT2D eigenvalue weighted by Gasteiger charge is -2.28. The fraction of sp³-hybridized carbons (Fsp3) is 0.500. The lowest BCUT2D eigenvalue weighted by Crippen LogP contribution is -2.57. The molecule has 0 spiro atoms. The third-order valence-corrected chi connectivity index (χ3v) is 5.97. The van der Waals surface area contributed by atoms with Crippen LogP contribution in [0.1, 0.15) is 48.2 Å². The fourth-order valence-corrected chi connectivity index (χ4v) is 4.05. The number of carbonyl (C=O) groups excluding carboxylic acids is 2. The summed E-state index contributed by atoms with van der Waals surface area (Å²) in [6.07, 6.45) is 10.4. The predicted octanol–water partition coefficient (Wildman–Crippen LogP) is 2.17. The Morgan fingerprint density at radius 1 is 1.15 bits per heavy atom. The molecule has 4 rings (SSSR count). The van der Waals surface area contributed by atoms with Gasteiger partial charge in [0.2, 0.25) is 5.91 Å². The molecule has 26 heavy (non-hydrogen) atoms. The van der Waals surface area contributed by atoms with E-state index < -0.39 is 5.54 Å². The van der Waals surface area contributed by atoms with Gasteiger partial charge in [0.25, 0.3) is 5.91 Å². The average molecular weight is 371 g/mol. The molecule has 2 aliphatic carbocycles. The quantitative estimate of drug-likeness (QED) is 0.811. The summed E-state index contributed by atoms with van der Waals surface area (Å²) in [7, 11) is 0. The zero-order chi connectivity index (χ0) is 18.0. The molecule has 2 aliphatic rings. The molecule has 2 heterocycles. The van der Waals surface area contributed by atoms with Crippen LogP contribution in [0.25, 0.3) is 10.8 Å². The molecular weight excluding hydrogens is 350 g/mol. The Hall–Kier alpha value is -2.35. The van der Waals surface area contributed by atoms with E-state index in [2.05, 4.69) is 25.6 Å². The molecule has 2 fully saturated rings. The van der Waals surface area contributed by atoms with Crippen LogP contribution in [-0.4, -0.2) is 38.8 Å². The number of hydrogen-bond donors (Lipinski definition) is 2. The summed E-state index contributed by atoms with van der Waals surface area (Å²) in [5, 5.41) is 6.62. The van der Waals surface area contributed by atoms with Gasteiger partial charge in [-0.2, -0.15) is 0 Å². The van der Waals surface area contributed by atoms with Gasteiger partial charge in [-0.05, 0) is 37.7 Å². The minimum atomic E-state index is -0.792. The number of aromatic nitrogens is 3. The second-order valence-electron chi connectivity index (χ2n) is 7.00. The SMILES string of the molecule is O=C(NC1(C(=O)NCC2CC2)CCCC1)c1cnc(-c2ncccn2)s1. The van der Waals surface area contributed by atoms with Crippen molar-refractivity contribution in [2.75, 3.05) is 6.54 Å². The van der Waals surface area contributed by atoms with Crippen molar-refractivity contribution < 1.29 is 9.59 Å². The third kappa shape index (κ3) is 3.60. The van der Waals surface area contributed by atoms with E-state index in [1.807, 2.05) is 0 Å². The van der Waals surface area contributed by atoms with Crippen molar-refractivity contribution >= 4 is 23.2 Å². The maximum Gasteiger partial charge on any atom is 0.263 e. The van der Waals surface area contributed by atoms with Crippen molar-refractivity contribution in [3.63, 3.8) is 0 Å². The molecule has 2 N–H and O–H groups in total. The van der Waals surface area contributed by atoms with E-state index >= 15 is 0 Å². The van der Waals surface area contributed by atoms with E-state index in [0.29, 0.717) is 41.0 Å². The highest BCUT2D eigenvalue weighted by Crippen LogP contribution is 2.32. The molecule has 2 aromatic rings. The molecular formula is C18H21N5O2S. The van der Waals surface area contributed by atoms with Crippen LogP contribution < -0.4 is 10.6 Å². The van der Waals surface area contributed by atoms with E-state index in [4.69, 9.17) is 0 Å². The molecule has 0 aliphatic heterocycles. The molecule has 0 bridgehead atoms. The molecule has 0 radical (unpaired) electrons. The second-order valence-corrected chi connectivity index (χ2v) is 8.03. The summed E-state index contributed by atoms with van der Waals surface area (Å²) in [5.74, 6) is 0.803. The number of nitrogens with one attached hydrogen (secondary N) is 2. The normalized spacial score (nSPS) is 18.5. The van der Waals surface area contributed by atoms with Crippen LogP contribution in [0.15, 0.2) is 24.7 Å². The van der Waals surface area contributed by atoms with Gasteiger partial charge in [-0.15, -0.1) is 11.3 Å². The molecule has 8 heteroatoms. The maximum atomic E-state index is 12.7. The molecule has 0 unspecified atom stereocenters. The minimum absolute atomic E-state index is 0.0496. The van der Waals surface area contributed by atoms with Crippen LogP contribution in [0.2, 0.25) is 0 Å². The van der Waals surface area contributed by atoms with E-state index in [-0.39, 0.29) is 11.8 Å². The number of nitrogens with zero attached hydrogens (tertiary/aromatic N) is 3. The number of carbonyl (C=O) groups is 2. The van der Waals surface area contributed by atoms with Crippen LogP contribution in [-0.2, 0) is 4.79 Å². The van der Waals surface area contributed by atoms with E-state index in [1.165, 1.54) is 30.4 Å². The summed E-state index contributed by atoms with van der Waals surface area (Å²) in [6, 6.07) is 1.73. The number of hydrogen-bond acceptors (Lipinski definition) is 6. The fourth-order valence-electron chi connectivity index (χ4n) is 3.29. The lowest BCUT2D eigenvalue weighted by atomic mass is 9.96. The first-order valence-electron chi connectivity index (χ1n) is 9.00. The largest absolute Gasteiger partial charge is 0.354 e. The van der Waals surface area contributed by atoms with Crippen molar-refractivity contribution in [2.24, 2.45) is 5.92 Å². The summed E-state index contributed by atoms with van der Waals surface area (Å²) < 4.78 is 0. The first-order chi connectivity index (χ1) is 12.7. The Kier molecular flexibility index (Phi) is 4.67. The van der Waals surface area contributed by atoms with Gasteiger partial charge < -0.3 is 10.6 Å². The highest BCUT2D eigenvalue weighted by molar-refractivity contribution is 7.16. The topological polar surface area (TPSA) is 96.9 Å². The van der Waals surface area contributed by atoms with Gasteiger partial charge in [0.1, 0.15) is 10.4 Å². The van der Waals surface area contributed by atoms with Gasteiger partial charge >= 0.3 is 0 Å². The second kappa shape index (κ2) is 7.11. The Morgan fingerprint density at radius 3 is 2.58 bits per heavy atom. The summed E-state index contributed by atoms with van der Waals surface area (Å²) in [4.78, 5) is 38.5. The summed E-state index contributed by atoms with van der Waals surface area (Å²) in [5.41, 5.74) is -0.792. The van der Waals surface area contributed by atoms with Gasteiger partial charge in [0, 0.05) is 18.9 Å². The van der Waals surface area contributed by atoms with Crippen molar-refractivity contribution in [2.45, 2.75) is 44.1 Å². The Balaban J connectivity index is 1.46. The average Bonchev–Trinajstić information content (AvgIpc) is 3.16. The molecule has 2 aromatic heterocycles. The minimum Gasteiger partial charge on any atom is -0.354 e. The van der Waals surface area contributed by atoms with Crippen LogP contribution in [0.4, 0.5) is 0 Å². The molecule has 136 valence electrons. The van der Waals surface area contributed by atoms with Crippen LogP contribution >= 0.6 is 11.3 Å². The van der Waals surface area contributed by atoms with Gasteiger partial charge in [-0.1, -0.05) is 12.8 Å². The van der Waals surface area contributed by atoms with Crippen molar-refractivity contribution in [1.82, 2.24) is 25.6 Å². The van der Waals surface area contributed by atoms with Crippen LogP contribution in [0.3, 0.4) is 0 Å². The molecule has 0 atom stereocenters. The highest BCUT2D eigenvalue weighted by atomic mass is 32.1. The molecule has 0 aromatic carbocycles. The van der Waals surface area contributed by atoms with E-state index in [0.717, 1.165) is 12.8 Å². The number of rotatable bonds is 6. The summed E-state index contributed by atoms with van der Waals surface area (Å²) in [6.45, 7) is 0.715. The highest BCUT2D eigenvalue weighted by Gasteiger charge is 2.43. The number of amides is 2. The molecule has 0 saturated heterocycles. The first kappa shape index (κ1) is 17.1. The number of thiazole rings is 1. The van der Waals surface area contributed by atoms with Crippen molar-refractivity contribution in [3.05, 3.63) is 29.5 Å². The van der Waals surface area contributed by atoms with E-state index in [1.54, 1.807) is 18.5 Å². The molecule has 2 amide bonds. The summed E-state index contributed by atoms with van der Waals surface area (Å²) >= 11 is 1.24. The molecule has 7 nitrogen and oxygen atoms in total. The monoisotopic (exact) mass is 371 g/mol. The maximum absolute atomic E-state index is 12.7. The Morgan fingerprint density at radius 2 is 1.88 bits per heavy atom. The predicted molar refractivity (Wildman–Crippen MR) is 97.5 cm³/mol. The third-order valence-electron chi connectivity index (χ3n) is 4.98. The first-order valence-corrected chi connectivity index (χ1v) is 9.82. The van der Waals surface area contributed by atoms with E-state index in [9.17, 15) is 9.59 Å². The lowest BCUT2D eigenvalue weighted by molar-refractivity contribution is -0.127. The molecule has 2 saturated carbocycles. The van der Waals surface area contributed by atoms with Crippen molar-refractivity contribution in [3.8, 4) is 10.8 Å². The smallest absolute Gasteiger partial charge is 0.263 e. The van der Waals surface area contributed by atoms with Crippen molar-refractivity contribution in [1.29, 1.82) is 0 Å². The Bertz CT molecular complexity index is 797.